The number of benzene rings is 1. The fourth-order valence-electron chi connectivity index (χ4n) is 1.89. The lowest BCUT2D eigenvalue weighted by atomic mass is 10.2. The zero-order chi connectivity index (χ0) is 13.9. The van der Waals surface area contributed by atoms with Crippen LogP contribution < -0.4 is 5.32 Å². The molecule has 0 spiro atoms. The molecule has 98 valence electrons. The number of anilines is 1. The molecule has 5 heteroatoms. The Morgan fingerprint density at radius 2 is 1.95 bits per heavy atom. The van der Waals surface area contributed by atoms with Crippen molar-refractivity contribution in [3.63, 3.8) is 0 Å². The molecule has 0 saturated carbocycles. The maximum absolute atomic E-state index is 12.1. The van der Waals surface area contributed by atoms with Gasteiger partial charge in [-0.05, 0) is 24.3 Å². The van der Waals surface area contributed by atoms with Crippen LogP contribution in [0.2, 0.25) is 5.15 Å². The van der Waals surface area contributed by atoms with E-state index in [9.17, 15) is 4.79 Å². The molecular formula is C15H10ClN3O. The van der Waals surface area contributed by atoms with Gasteiger partial charge in [-0.3, -0.25) is 9.78 Å². The van der Waals surface area contributed by atoms with Crippen molar-refractivity contribution in [1.82, 2.24) is 9.97 Å². The number of pyridine rings is 2. The van der Waals surface area contributed by atoms with Crippen molar-refractivity contribution in [3.05, 3.63) is 65.6 Å². The van der Waals surface area contributed by atoms with Gasteiger partial charge < -0.3 is 5.32 Å². The second-order valence-corrected chi connectivity index (χ2v) is 4.63. The third kappa shape index (κ3) is 2.60. The Labute approximate surface area is 120 Å². The number of carbonyl (C=O) groups excluding carboxylic acids is 1. The summed E-state index contributed by atoms with van der Waals surface area (Å²) in [5.41, 5.74) is 1.98. The number of rotatable bonds is 2. The lowest BCUT2D eigenvalue weighted by Crippen LogP contribution is -2.12. The van der Waals surface area contributed by atoms with Crippen LogP contribution in [0, 0.1) is 0 Å². The second-order valence-electron chi connectivity index (χ2n) is 4.24. The Morgan fingerprint density at radius 1 is 1.10 bits per heavy atom. The summed E-state index contributed by atoms with van der Waals surface area (Å²) < 4.78 is 0. The van der Waals surface area contributed by atoms with E-state index in [1.54, 1.807) is 12.3 Å². The van der Waals surface area contributed by atoms with E-state index in [1.165, 1.54) is 12.3 Å². The monoisotopic (exact) mass is 283 g/mol. The molecule has 0 atom stereocenters. The lowest BCUT2D eigenvalue weighted by molar-refractivity contribution is 0.102. The third-order valence-electron chi connectivity index (χ3n) is 2.84. The molecule has 2 heterocycles. The molecule has 0 aliphatic carbocycles. The number of nitrogens with zero attached hydrogens (tertiary/aromatic N) is 2. The molecule has 3 rings (SSSR count). The molecule has 0 fully saturated rings. The molecule has 0 radical (unpaired) electrons. The van der Waals surface area contributed by atoms with Crippen LogP contribution in [-0.2, 0) is 0 Å². The van der Waals surface area contributed by atoms with Crippen LogP contribution in [0.15, 0.2) is 54.9 Å². The highest BCUT2D eigenvalue weighted by Crippen LogP contribution is 2.17. The Bertz CT molecular complexity index is 789. The van der Waals surface area contributed by atoms with E-state index in [2.05, 4.69) is 15.3 Å². The van der Waals surface area contributed by atoms with Crippen LogP contribution in [0.25, 0.3) is 10.9 Å². The van der Waals surface area contributed by atoms with Gasteiger partial charge in [-0.15, -0.1) is 0 Å². The predicted molar refractivity (Wildman–Crippen MR) is 78.9 cm³/mol. The number of amides is 1. The topological polar surface area (TPSA) is 54.9 Å². The lowest BCUT2D eigenvalue weighted by Gasteiger charge is -2.06. The maximum Gasteiger partial charge on any atom is 0.255 e. The highest BCUT2D eigenvalue weighted by atomic mass is 35.5. The van der Waals surface area contributed by atoms with Crippen LogP contribution in [0.4, 0.5) is 5.69 Å². The number of para-hydroxylation sites is 1. The van der Waals surface area contributed by atoms with E-state index in [0.29, 0.717) is 11.3 Å². The van der Waals surface area contributed by atoms with E-state index in [-0.39, 0.29) is 11.1 Å². The van der Waals surface area contributed by atoms with Crippen molar-refractivity contribution in [2.75, 3.05) is 5.32 Å². The first kappa shape index (κ1) is 12.6. The number of hydrogen-bond donors (Lipinski definition) is 1. The number of nitrogens with one attached hydrogen (secondary N) is 1. The van der Waals surface area contributed by atoms with Gasteiger partial charge in [0.05, 0.1) is 17.4 Å². The van der Waals surface area contributed by atoms with Crippen LogP contribution in [-0.4, -0.2) is 15.9 Å². The summed E-state index contributed by atoms with van der Waals surface area (Å²) in [5.74, 6) is -0.244. The molecule has 1 amide bonds. The van der Waals surface area contributed by atoms with E-state index in [0.717, 1.165) is 10.9 Å². The summed E-state index contributed by atoms with van der Waals surface area (Å²) in [6.45, 7) is 0. The number of hydrogen-bond acceptors (Lipinski definition) is 3. The van der Waals surface area contributed by atoms with Gasteiger partial charge in [-0.25, -0.2) is 4.98 Å². The summed E-state index contributed by atoms with van der Waals surface area (Å²) in [4.78, 5) is 20.2. The molecule has 0 unspecified atom stereocenters. The minimum atomic E-state index is -0.244. The molecule has 0 aliphatic rings. The molecule has 3 aromatic rings. The minimum Gasteiger partial charge on any atom is -0.321 e. The summed E-state index contributed by atoms with van der Waals surface area (Å²) in [5, 5.41) is 4.05. The van der Waals surface area contributed by atoms with Crippen molar-refractivity contribution in [1.29, 1.82) is 0 Å². The summed E-state index contributed by atoms with van der Waals surface area (Å²) in [6.07, 6.45) is 3.12. The quantitative estimate of drug-likeness (QED) is 0.732. The fraction of sp³-hybridized carbons (Fsp3) is 0. The van der Waals surface area contributed by atoms with E-state index in [1.807, 2.05) is 30.3 Å². The van der Waals surface area contributed by atoms with Crippen LogP contribution in [0.1, 0.15) is 10.4 Å². The number of aromatic nitrogens is 2. The average molecular weight is 284 g/mol. The number of fused-ring (bicyclic) bond motifs is 1. The third-order valence-corrected chi connectivity index (χ3v) is 3.04. The Morgan fingerprint density at radius 3 is 2.80 bits per heavy atom. The molecule has 0 bridgehead atoms. The van der Waals surface area contributed by atoms with Gasteiger partial charge in [0.25, 0.3) is 5.91 Å². The van der Waals surface area contributed by atoms with Gasteiger partial charge in [0.15, 0.2) is 0 Å². The minimum absolute atomic E-state index is 0.244. The summed E-state index contributed by atoms with van der Waals surface area (Å²) in [6, 6.07) is 12.7. The zero-order valence-corrected chi connectivity index (χ0v) is 11.1. The van der Waals surface area contributed by atoms with Crippen molar-refractivity contribution in [2.24, 2.45) is 0 Å². The van der Waals surface area contributed by atoms with Crippen LogP contribution >= 0.6 is 11.6 Å². The smallest absolute Gasteiger partial charge is 0.255 e. The molecule has 0 aliphatic heterocycles. The molecule has 1 N–H and O–H groups in total. The molecular weight excluding hydrogens is 274 g/mol. The van der Waals surface area contributed by atoms with Crippen molar-refractivity contribution >= 4 is 34.1 Å². The molecule has 2 aromatic heterocycles. The van der Waals surface area contributed by atoms with Gasteiger partial charge in [-0.1, -0.05) is 29.8 Å². The Hall–Kier alpha value is -2.46. The largest absolute Gasteiger partial charge is 0.321 e. The zero-order valence-electron chi connectivity index (χ0n) is 10.4. The average Bonchev–Trinajstić information content (AvgIpc) is 2.47. The Kier molecular flexibility index (Phi) is 3.31. The normalized spacial score (nSPS) is 10.4. The van der Waals surface area contributed by atoms with Crippen molar-refractivity contribution in [2.45, 2.75) is 0 Å². The number of carbonyl (C=O) groups is 1. The summed E-state index contributed by atoms with van der Waals surface area (Å²) in [7, 11) is 0. The van der Waals surface area contributed by atoms with Gasteiger partial charge in [-0.2, -0.15) is 0 Å². The van der Waals surface area contributed by atoms with Crippen molar-refractivity contribution in [3.8, 4) is 0 Å². The second kappa shape index (κ2) is 5.27. The van der Waals surface area contributed by atoms with Crippen LogP contribution in [0.5, 0.6) is 0 Å². The first-order chi connectivity index (χ1) is 9.72. The molecule has 4 nitrogen and oxygen atoms in total. The highest BCUT2D eigenvalue weighted by Gasteiger charge is 2.07. The molecule has 0 saturated heterocycles. The molecule has 20 heavy (non-hydrogen) atoms. The maximum atomic E-state index is 12.1. The number of halogens is 1. The highest BCUT2D eigenvalue weighted by molar-refractivity contribution is 6.29. The van der Waals surface area contributed by atoms with Gasteiger partial charge in [0, 0.05) is 17.1 Å². The molecule has 1 aromatic carbocycles. The Balaban J connectivity index is 1.87. The first-order valence-corrected chi connectivity index (χ1v) is 6.38. The first-order valence-electron chi connectivity index (χ1n) is 6.00. The fourth-order valence-corrected chi connectivity index (χ4v) is 2.06. The van der Waals surface area contributed by atoms with E-state index in [4.69, 9.17) is 11.6 Å². The van der Waals surface area contributed by atoms with E-state index < -0.39 is 0 Å². The van der Waals surface area contributed by atoms with Gasteiger partial charge >= 0.3 is 0 Å². The summed E-state index contributed by atoms with van der Waals surface area (Å²) >= 11 is 5.77. The van der Waals surface area contributed by atoms with Gasteiger partial charge in [0.2, 0.25) is 0 Å². The predicted octanol–water partition coefficient (Wildman–Crippen LogP) is 3.54. The van der Waals surface area contributed by atoms with E-state index >= 15 is 0 Å². The standard InChI is InChI=1S/C15H10ClN3O/c16-14-8-11(5-6-17-14)15(20)19-12-7-10-3-1-2-4-13(10)18-9-12/h1-9H,(H,19,20). The van der Waals surface area contributed by atoms with Crippen LogP contribution in [0.3, 0.4) is 0 Å². The van der Waals surface area contributed by atoms with Gasteiger partial charge in [0.1, 0.15) is 5.15 Å². The van der Waals surface area contributed by atoms with Crippen molar-refractivity contribution < 1.29 is 4.79 Å². The SMILES string of the molecule is O=C(Nc1cnc2ccccc2c1)c1ccnc(Cl)c1.